The molecule has 1 rings (SSSR count). The molecule has 0 bridgehead atoms. The van der Waals surface area contributed by atoms with E-state index in [-0.39, 0.29) is 0 Å². The van der Waals surface area contributed by atoms with E-state index in [1.54, 1.807) is 0 Å². The summed E-state index contributed by atoms with van der Waals surface area (Å²) in [4.78, 5) is 0. The maximum atomic E-state index is 5.96. The third-order valence-electron chi connectivity index (χ3n) is 4.09. The molecule has 0 aliphatic heterocycles. The van der Waals surface area contributed by atoms with Gasteiger partial charge in [0.05, 0.1) is 13.2 Å². The Balaban J connectivity index is 2.66. The van der Waals surface area contributed by atoms with E-state index in [1.807, 2.05) is 24.3 Å². The molecule has 0 N–H and O–H groups in total. The van der Waals surface area contributed by atoms with Crippen molar-refractivity contribution in [3.05, 3.63) is 36.4 Å². The summed E-state index contributed by atoms with van der Waals surface area (Å²) >= 11 is 0. The van der Waals surface area contributed by atoms with E-state index < -0.39 is 0 Å². The minimum absolute atomic E-state index is 0.745. The smallest absolute Gasteiger partial charge is 0.127 e. The molecule has 0 spiro atoms. The predicted octanol–water partition coefficient (Wildman–Crippen LogP) is 6.89. The number of unbranched alkanes of at least 4 members (excludes halogenated alkanes) is 6. The molecular weight excluding hydrogens is 296 g/mol. The minimum atomic E-state index is 0.745. The standard InChI is InChI=1S/C22H34O2/c1-5-9-11-13-15-23-21-17-20(8-4)22(18-19(21)7-3)24-16-14-12-10-6-2/h7-8,17-18H,3-6,9-16H2,1-2H3. The Morgan fingerprint density at radius 2 is 1.12 bits per heavy atom. The molecule has 0 heterocycles. The lowest BCUT2D eigenvalue weighted by molar-refractivity contribution is 0.296. The first kappa shape index (κ1) is 20.3. The molecule has 0 radical (unpaired) electrons. The van der Waals surface area contributed by atoms with E-state index in [0.717, 1.165) is 48.7 Å². The van der Waals surface area contributed by atoms with Crippen LogP contribution in [0.2, 0.25) is 0 Å². The van der Waals surface area contributed by atoms with Crippen LogP contribution < -0.4 is 9.47 Å². The highest BCUT2D eigenvalue weighted by molar-refractivity contribution is 5.66. The molecule has 0 atom stereocenters. The van der Waals surface area contributed by atoms with Crippen LogP contribution in [0, 0.1) is 0 Å². The van der Waals surface area contributed by atoms with Gasteiger partial charge in [0.15, 0.2) is 0 Å². The van der Waals surface area contributed by atoms with Crippen molar-refractivity contribution in [1.29, 1.82) is 0 Å². The van der Waals surface area contributed by atoms with Gasteiger partial charge in [0, 0.05) is 11.1 Å². The average Bonchev–Trinajstić information content (AvgIpc) is 2.61. The molecule has 0 unspecified atom stereocenters. The van der Waals surface area contributed by atoms with Gasteiger partial charge in [-0.1, -0.05) is 77.7 Å². The van der Waals surface area contributed by atoms with Gasteiger partial charge < -0.3 is 9.47 Å². The zero-order valence-corrected chi connectivity index (χ0v) is 15.6. The Morgan fingerprint density at radius 1 is 0.708 bits per heavy atom. The fourth-order valence-corrected chi connectivity index (χ4v) is 2.58. The van der Waals surface area contributed by atoms with Crippen molar-refractivity contribution in [2.75, 3.05) is 13.2 Å². The molecule has 1 aromatic carbocycles. The maximum absolute atomic E-state index is 5.96. The van der Waals surface area contributed by atoms with Gasteiger partial charge in [-0.2, -0.15) is 0 Å². The summed E-state index contributed by atoms with van der Waals surface area (Å²) in [6.07, 6.45) is 13.3. The van der Waals surface area contributed by atoms with E-state index in [9.17, 15) is 0 Å². The zero-order chi connectivity index (χ0) is 17.6. The monoisotopic (exact) mass is 330 g/mol. The molecule has 0 saturated carbocycles. The largest absolute Gasteiger partial charge is 0.493 e. The molecule has 0 aliphatic carbocycles. The van der Waals surface area contributed by atoms with Crippen molar-refractivity contribution in [1.82, 2.24) is 0 Å². The highest BCUT2D eigenvalue weighted by Gasteiger charge is 2.09. The molecule has 2 nitrogen and oxygen atoms in total. The van der Waals surface area contributed by atoms with Crippen molar-refractivity contribution in [2.45, 2.75) is 65.2 Å². The number of benzene rings is 1. The Bertz CT molecular complexity index is 445. The van der Waals surface area contributed by atoms with E-state index in [4.69, 9.17) is 9.47 Å². The van der Waals surface area contributed by atoms with Crippen LogP contribution in [0.3, 0.4) is 0 Å². The Morgan fingerprint density at radius 3 is 1.46 bits per heavy atom. The van der Waals surface area contributed by atoms with Gasteiger partial charge in [-0.15, -0.1) is 0 Å². The highest BCUT2D eigenvalue weighted by Crippen LogP contribution is 2.31. The number of hydrogen-bond donors (Lipinski definition) is 0. The van der Waals surface area contributed by atoms with Crippen LogP contribution in [-0.4, -0.2) is 13.2 Å². The van der Waals surface area contributed by atoms with Crippen LogP contribution in [0.1, 0.15) is 76.3 Å². The molecule has 0 saturated heterocycles. The van der Waals surface area contributed by atoms with Crippen molar-refractivity contribution < 1.29 is 9.47 Å². The molecule has 24 heavy (non-hydrogen) atoms. The number of hydrogen-bond acceptors (Lipinski definition) is 2. The second-order valence-electron chi connectivity index (χ2n) is 6.15. The van der Waals surface area contributed by atoms with Gasteiger partial charge in [-0.3, -0.25) is 0 Å². The van der Waals surface area contributed by atoms with Crippen molar-refractivity contribution in [3.8, 4) is 11.5 Å². The Hall–Kier alpha value is -1.70. The van der Waals surface area contributed by atoms with Gasteiger partial charge in [-0.05, 0) is 25.0 Å². The first-order chi connectivity index (χ1) is 11.8. The molecule has 0 aliphatic rings. The second-order valence-corrected chi connectivity index (χ2v) is 6.15. The van der Waals surface area contributed by atoms with Crippen LogP contribution in [0.5, 0.6) is 11.5 Å². The van der Waals surface area contributed by atoms with Crippen LogP contribution in [0.4, 0.5) is 0 Å². The topological polar surface area (TPSA) is 18.5 Å². The molecule has 0 aromatic heterocycles. The lowest BCUT2D eigenvalue weighted by atomic mass is 10.1. The normalized spacial score (nSPS) is 10.4. The summed E-state index contributed by atoms with van der Waals surface area (Å²) in [7, 11) is 0. The SMILES string of the molecule is C=Cc1cc(OCCCCCC)c(C=C)cc1OCCCCCC. The maximum Gasteiger partial charge on any atom is 0.127 e. The highest BCUT2D eigenvalue weighted by atomic mass is 16.5. The van der Waals surface area contributed by atoms with Gasteiger partial charge in [-0.25, -0.2) is 0 Å². The van der Waals surface area contributed by atoms with Crippen LogP contribution in [-0.2, 0) is 0 Å². The van der Waals surface area contributed by atoms with E-state index >= 15 is 0 Å². The summed E-state index contributed by atoms with van der Waals surface area (Å²) in [5.41, 5.74) is 1.97. The van der Waals surface area contributed by atoms with E-state index in [2.05, 4.69) is 27.0 Å². The van der Waals surface area contributed by atoms with Gasteiger partial charge >= 0.3 is 0 Å². The fraction of sp³-hybridized carbons (Fsp3) is 0.545. The average molecular weight is 331 g/mol. The first-order valence-corrected chi connectivity index (χ1v) is 9.45. The van der Waals surface area contributed by atoms with Crippen LogP contribution in [0.15, 0.2) is 25.3 Å². The lowest BCUT2D eigenvalue weighted by Crippen LogP contribution is -2.02. The zero-order valence-electron chi connectivity index (χ0n) is 15.6. The van der Waals surface area contributed by atoms with Gasteiger partial charge in [0.1, 0.15) is 11.5 Å². The second kappa shape index (κ2) is 12.7. The van der Waals surface area contributed by atoms with Gasteiger partial charge in [0.2, 0.25) is 0 Å². The van der Waals surface area contributed by atoms with Crippen molar-refractivity contribution in [2.24, 2.45) is 0 Å². The fourth-order valence-electron chi connectivity index (χ4n) is 2.58. The molecular formula is C22H34O2. The molecule has 2 heteroatoms. The lowest BCUT2D eigenvalue weighted by Gasteiger charge is -2.15. The molecule has 0 fully saturated rings. The third kappa shape index (κ3) is 7.25. The van der Waals surface area contributed by atoms with Crippen molar-refractivity contribution in [3.63, 3.8) is 0 Å². The number of rotatable bonds is 14. The Kier molecular flexibility index (Phi) is 10.8. The summed E-state index contributed by atoms with van der Waals surface area (Å²) in [6, 6.07) is 4.04. The summed E-state index contributed by atoms with van der Waals surface area (Å²) < 4.78 is 11.9. The quantitative estimate of drug-likeness (QED) is 0.346. The number of ether oxygens (including phenoxy) is 2. The van der Waals surface area contributed by atoms with Crippen LogP contribution in [0.25, 0.3) is 12.2 Å². The third-order valence-corrected chi connectivity index (χ3v) is 4.09. The summed E-state index contributed by atoms with van der Waals surface area (Å²) in [6.45, 7) is 13.7. The predicted molar refractivity (Wildman–Crippen MR) is 106 cm³/mol. The minimum Gasteiger partial charge on any atom is -0.493 e. The van der Waals surface area contributed by atoms with Crippen LogP contribution >= 0.6 is 0 Å². The molecule has 0 amide bonds. The van der Waals surface area contributed by atoms with Gasteiger partial charge in [0.25, 0.3) is 0 Å². The molecule has 1 aromatic rings. The first-order valence-electron chi connectivity index (χ1n) is 9.45. The van der Waals surface area contributed by atoms with E-state index in [1.165, 1.54) is 38.5 Å². The van der Waals surface area contributed by atoms with E-state index in [0.29, 0.717) is 0 Å². The van der Waals surface area contributed by atoms with Crippen molar-refractivity contribution >= 4 is 12.2 Å². The molecule has 134 valence electrons. The summed E-state index contributed by atoms with van der Waals surface area (Å²) in [5.74, 6) is 1.74. The summed E-state index contributed by atoms with van der Waals surface area (Å²) in [5, 5.41) is 0. The Labute approximate surface area is 148 Å².